The third-order valence-corrected chi connectivity index (χ3v) is 6.62. The Bertz CT molecular complexity index is 1520. The highest BCUT2D eigenvalue weighted by molar-refractivity contribution is 7.99. The van der Waals surface area contributed by atoms with Crippen LogP contribution < -0.4 is 10.3 Å². The molecule has 34 heavy (non-hydrogen) atoms. The molecule has 0 spiro atoms. The maximum absolute atomic E-state index is 12.6. The number of thioether (sulfide) groups is 1. The van der Waals surface area contributed by atoms with Gasteiger partial charge in [0.1, 0.15) is 11.6 Å². The van der Waals surface area contributed by atoms with Gasteiger partial charge in [0.15, 0.2) is 11.0 Å². The Kier molecular flexibility index (Phi) is 5.90. The number of nitrogens with one attached hydrogen (secondary N) is 1. The van der Waals surface area contributed by atoms with Crippen LogP contribution in [0.4, 0.5) is 0 Å². The van der Waals surface area contributed by atoms with Crippen LogP contribution in [0.2, 0.25) is 0 Å². The standard InChI is InChI=1S/C26H23N5O2S/c1-16-12-14-18(15-13-16)31-24(20-9-5-7-11-22(20)33-3)29-30-26(31)34-17(2)23-27-21-10-6-4-8-19(21)25(32)28-23/h4-15,17H,1-3H3,(H,27,28,32). The number of methoxy groups -OCH3 is 1. The summed E-state index contributed by atoms with van der Waals surface area (Å²) in [6.07, 6.45) is 0. The minimum absolute atomic E-state index is 0.150. The number of fused-ring (bicyclic) bond motifs is 1. The minimum atomic E-state index is -0.170. The molecule has 1 atom stereocenters. The quantitative estimate of drug-likeness (QED) is 0.338. The molecule has 2 aromatic heterocycles. The van der Waals surface area contributed by atoms with Gasteiger partial charge in [0, 0.05) is 5.69 Å². The lowest BCUT2D eigenvalue weighted by Gasteiger charge is -2.15. The van der Waals surface area contributed by atoms with Crippen molar-refractivity contribution < 1.29 is 4.74 Å². The molecule has 0 aliphatic carbocycles. The summed E-state index contributed by atoms with van der Waals surface area (Å²) in [5, 5.41) is 10.1. The fourth-order valence-electron chi connectivity index (χ4n) is 3.79. The predicted molar refractivity (Wildman–Crippen MR) is 135 cm³/mol. The first-order valence-corrected chi connectivity index (χ1v) is 11.7. The lowest BCUT2D eigenvalue weighted by atomic mass is 10.1. The number of ether oxygens (including phenoxy) is 1. The van der Waals surface area contributed by atoms with Gasteiger partial charge >= 0.3 is 0 Å². The fraction of sp³-hybridized carbons (Fsp3) is 0.154. The van der Waals surface area contributed by atoms with Crippen LogP contribution in [0.5, 0.6) is 5.75 Å². The van der Waals surface area contributed by atoms with E-state index in [-0.39, 0.29) is 10.8 Å². The highest BCUT2D eigenvalue weighted by Gasteiger charge is 2.22. The van der Waals surface area contributed by atoms with Gasteiger partial charge in [-0.2, -0.15) is 0 Å². The second-order valence-electron chi connectivity index (χ2n) is 7.91. The predicted octanol–water partition coefficient (Wildman–Crippen LogP) is 5.34. The van der Waals surface area contributed by atoms with Crippen molar-refractivity contribution in [2.75, 3.05) is 7.11 Å². The summed E-state index contributed by atoms with van der Waals surface area (Å²) < 4.78 is 7.60. The van der Waals surface area contributed by atoms with Crippen LogP contribution in [0.25, 0.3) is 28.0 Å². The number of aromatic nitrogens is 5. The van der Waals surface area contributed by atoms with Gasteiger partial charge in [0.2, 0.25) is 0 Å². The number of rotatable bonds is 6. The van der Waals surface area contributed by atoms with Crippen LogP contribution in [0, 0.1) is 6.92 Å². The number of para-hydroxylation sites is 2. The minimum Gasteiger partial charge on any atom is -0.496 e. The summed E-state index contributed by atoms with van der Waals surface area (Å²) in [5.74, 6) is 1.98. The Balaban J connectivity index is 1.60. The summed E-state index contributed by atoms with van der Waals surface area (Å²) >= 11 is 1.48. The van der Waals surface area contributed by atoms with E-state index >= 15 is 0 Å². The molecular weight excluding hydrogens is 446 g/mol. The normalized spacial score (nSPS) is 12.1. The van der Waals surface area contributed by atoms with Gasteiger partial charge in [-0.3, -0.25) is 9.36 Å². The number of hydrogen-bond donors (Lipinski definition) is 1. The highest BCUT2D eigenvalue weighted by atomic mass is 32.2. The monoisotopic (exact) mass is 469 g/mol. The topological polar surface area (TPSA) is 85.7 Å². The molecule has 0 radical (unpaired) electrons. The summed E-state index contributed by atoms with van der Waals surface area (Å²) in [7, 11) is 1.64. The van der Waals surface area contributed by atoms with Crippen molar-refractivity contribution in [1.29, 1.82) is 0 Å². The maximum Gasteiger partial charge on any atom is 0.258 e. The maximum atomic E-state index is 12.6. The van der Waals surface area contributed by atoms with Crippen molar-refractivity contribution in [2.24, 2.45) is 0 Å². The molecule has 1 N–H and O–H groups in total. The van der Waals surface area contributed by atoms with Crippen LogP contribution >= 0.6 is 11.8 Å². The molecule has 3 aromatic carbocycles. The summed E-state index contributed by atoms with van der Waals surface area (Å²) in [6, 6.07) is 23.3. The van der Waals surface area contributed by atoms with E-state index in [9.17, 15) is 4.79 Å². The molecule has 7 nitrogen and oxygen atoms in total. The van der Waals surface area contributed by atoms with Gasteiger partial charge in [-0.05, 0) is 50.2 Å². The van der Waals surface area contributed by atoms with Crippen molar-refractivity contribution in [3.8, 4) is 22.8 Å². The molecule has 5 aromatic rings. The van der Waals surface area contributed by atoms with Gasteiger partial charge in [-0.25, -0.2) is 4.98 Å². The van der Waals surface area contributed by atoms with Gasteiger partial charge in [0.05, 0.1) is 28.8 Å². The van der Waals surface area contributed by atoms with Crippen molar-refractivity contribution in [3.63, 3.8) is 0 Å². The molecule has 0 aliphatic heterocycles. The molecule has 0 amide bonds. The SMILES string of the molecule is COc1ccccc1-c1nnc(SC(C)c2nc3ccccc3c(=O)[nH]2)n1-c1ccc(C)cc1. The van der Waals surface area contributed by atoms with E-state index in [1.54, 1.807) is 13.2 Å². The van der Waals surface area contributed by atoms with Crippen molar-refractivity contribution in [1.82, 2.24) is 24.7 Å². The Labute approximate surface area is 200 Å². The first-order chi connectivity index (χ1) is 16.5. The van der Waals surface area contributed by atoms with E-state index in [1.807, 2.05) is 66.1 Å². The number of aryl methyl sites for hydroxylation is 1. The molecule has 0 saturated carbocycles. The van der Waals surface area contributed by atoms with Crippen LogP contribution in [0.15, 0.2) is 82.7 Å². The van der Waals surface area contributed by atoms with E-state index in [0.717, 1.165) is 16.8 Å². The molecule has 0 aliphatic rings. The Morgan fingerprint density at radius 1 is 0.971 bits per heavy atom. The molecule has 5 rings (SSSR count). The zero-order valence-corrected chi connectivity index (χ0v) is 19.8. The molecule has 0 bridgehead atoms. The first kappa shape index (κ1) is 21.9. The third kappa shape index (κ3) is 4.08. The first-order valence-electron chi connectivity index (χ1n) is 10.9. The average Bonchev–Trinajstić information content (AvgIpc) is 3.27. The zero-order chi connectivity index (χ0) is 23.7. The van der Waals surface area contributed by atoms with Gasteiger partial charge in [0.25, 0.3) is 5.56 Å². The van der Waals surface area contributed by atoms with Crippen molar-refractivity contribution in [3.05, 3.63) is 94.5 Å². The summed E-state index contributed by atoms with van der Waals surface area (Å²) in [6.45, 7) is 4.05. The number of nitrogens with zero attached hydrogens (tertiary/aromatic N) is 4. The van der Waals surface area contributed by atoms with E-state index < -0.39 is 0 Å². The Hall–Kier alpha value is -3.91. The Morgan fingerprint density at radius 2 is 1.71 bits per heavy atom. The van der Waals surface area contributed by atoms with Crippen molar-refractivity contribution in [2.45, 2.75) is 24.3 Å². The molecule has 2 heterocycles. The van der Waals surface area contributed by atoms with Crippen LogP contribution in [-0.4, -0.2) is 31.8 Å². The van der Waals surface area contributed by atoms with Gasteiger partial charge < -0.3 is 9.72 Å². The number of benzene rings is 3. The second-order valence-corrected chi connectivity index (χ2v) is 9.21. The molecule has 1 unspecified atom stereocenters. The van der Waals surface area contributed by atoms with Crippen molar-refractivity contribution >= 4 is 22.7 Å². The highest BCUT2D eigenvalue weighted by Crippen LogP contribution is 2.37. The number of aromatic amines is 1. The smallest absolute Gasteiger partial charge is 0.258 e. The summed E-state index contributed by atoms with van der Waals surface area (Å²) in [4.78, 5) is 20.2. The molecule has 8 heteroatoms. The van der Waals surface area contributed by atoms with Crippen LogP contribution in [-0.2, 0) is 0 Å². The lowest BCUT2D eigenvalue weighted by Crippen LogP contribution is -2.13. The Morgan fingerprint density at radius 3 is 2.50 bits per heavy atom. The largest absolute Gasteiger partial charge is 0.496 e. The number of hydrogen-bond acceptors (Lipinski definition) is 6. The van der Waals surface area contributed by atoms with Crippen LogP contribution in [0.1, 0.15) is 23.6 Å². The average molecular weight is 470 g/mol. The van der Waals surface area contributed by atoms with Gasteiger partial charge in [-0.15, -0.1) is 10.2 Å². The molecule has 170 valence electrons. The molecular formula is C26H23N5O2S. The lowest BCUT2D eigenvalue weighted by molar-refractivity contribution is 0.416. The molecule has 0 saturated heterocycles. The molecule has 0 fully saturated rings. The van der Waals surface area contributed by atoms with E-state index in [0.29, 0.717) is 33.5 Å². The van der Waals surface area contributed by atoms with E-state index in [4.69, 9.17) is 4.74 Å². The zero-order valence-electron chi connectivity index (χ0n) is 19.0. The van der Waals surface area contributed by atoms with Crippen LogP contribution in [0.3, 0.4) is 0 Å². The fourth-order valence-corrected chi connectivity index (χ4v) is 4.71. The third-order valence-electron chi connectivity index (χ3n) is 5.57. The second kappa shape index (κ2) is 9.15. The van der Waals surface area contributed by atoms with E-state index in [2.05, 4.69) is 39.2 Å². The van der Waals surface area contributed by atoms with Gasteiger partial charge in [-0.1, -0.05) is 53.7 Å². The van der Waals surface area contributed by atoms with E-state index in [1.165, 1.54) is 11.8 Å². The summed E-state index contributed by atoms with van der Waals surface area (Å²) in [5.41, 5.74) is 3.46. The number of H-pyrrole nitrogens is 1.